The van der Waals surface area contributed by atoms with Gasteiger partial charge in [0.2, 0.25) is 10.0 Å². The second kappa shape index (κ2) is 15.3. The third kappa shape index (κ3) is 12.2. The van der Waals surface area contributed by atoms with Gasteiger partial charge in [-0.3, -0.25) is 4.55 Å². The minimum absolute atomic E-state index is 0.0126. The Morgan fingerprint density at radius 1 is 1.10 bits per heavy atom. The minimum Gasteiger partial charge on any atom is -0.444 e. The van der Waals surface area contributed by atoms with Crippen LogP contribution >= 0.6 is 0 Å². The normalized spacial score (nSPS) is 17.1. The summed E-state index contributed by atoms with van der Waals surface area (Å²) in [4.78, 5) is 12.7. The molecule has 5 N–H and O–H groups in total. The fraction of sp³-hybridized carbons (Fsp3) is 0.500. The van der Waals surface area contributed by atoms with Crippen LogP contribution in [0.3, 0.4) is 0 Å². The number of hydrogen-bond donors (Lipinski definition) is 4. The molecular formula is C26H39N3O9S2. The molecule has 14 heteroatoms. The number of sulfonamides is 1. The van der Waals surface area contributed by atoms with Gasteiger partial charge in [0.15, 0.2) is 0 Å². The summed E-state index contributed by atoms with van der Waals surface area (Å²) in [5.41, 5.74) is 7.06. The Bertz CT molecular complexity index is 1260. The van der Waals surface area contributed by atoms with Gasteiger partial charge in [-0.05, 0) is 42.2 Å². The smallest absolute Gasteiger partial charge is 0.407 e. The Morgan fingerprint density at radius 3 is 2.23 bits per heavy atom. The number of aliphatic hydroxyl groups excluding tert-OH is 1. The number of amides is 1. The maximum atomic E-state index is 13.4. The third-order valence-corrected chi connectivity index (χ3v) is 7.55. The SMILES string of the molecule is CC(C)CN(C[C@@H](O)[C@H](Cc1ccccc1)NC(=O)O[C@H]1CCOC1)S(=O)(=O)c1ccc(N)cc1.CS(=O)(=O)O. The van der Waals surface area contributed by atoms with E-state index in [1.54, 1.807) is 0 Å². The summed E-state index contributed by atoms with van der Waals surface area (Å²) in [7, 11) is -7.57. The van der Waals surface area contributed by atoms with Crippen molar-refractivity contribution in [3.8, 4) is 0 Å². The number of hydrogen-bond acceptors (Lipinski definition) is 9. The molecule has 1 heterocycles. The zero-order chi connectivity index (χ0) is 29.9. The molecular weight excluding hydrogens is 562 g/mol. The van der Waals surface area contributed by atoms with Crippen LogP contribution in [0.25, 0.3) is 0 Å². The van der Waals surface area contributed by atoms with Crippen LogP contribution in [0.15, 0.2) is 59.5 Å². The van der Waals surface area contributed by atoms with Crippen LogP contribution in [0.2, 0.25) is 0 Å². The van der Waals surface area contributed by atoms with Gasteiger partial charge < -0.3 is 25.6 Å². The number of alkyl carbamates (subject to hydrolysis) is 1. The highest BCUT2D eigenvalue weighted by atomic mass is 32.2. The van der Waals surface area contributed by atoms with Gasteiger partial charge in [0.05, 0.1) is 36.5 Å². The van der Waals surface area contributed by atoms with Crippen LogP contribution < -0.4 is 11.1 Å². The van der Waals surface area contributed by atoms with Gasteiger partial charge in [0.25, 0.3) is 10.1 Å². The number of nitrogens with two attached hydrogens (primary N) is 1. The molecule has 0 spiro atoms. The molecule has 12 nitrogen and oxygen atoms in total. The number of aliphatic hydroxyl groups is 1. The molecule has 3 atom stereocenters. The molecule has 3 rings (SSSR count). The van der Waals surface area contributed by atoms with Crippen molar-refractivity contribution in [2.75, 3.05) is 38.3 Å². The first-order valence-electron chi connectivity index (χ1n) is 12.7. The number of nitrogen functional groups attached to an aromatic ring is 1. The number of benzene rings is 2. The minimum atomic E-state index is -3.90. The van der Waals surface area contributed by atoms with Crippen LogP contribution in [0, 0.1) is 5.92 Å². The van der Waals surface area contributed by atoms with Gasteiger partial charge >= 0.3 is 6.09 Å². The van der Waals surface area contributed by atoms with Crippen LogP contribution in [-0.2, 0) is 36.0 Å². The first kappa shape index (κ1) is 33.5. The van der Waals surface area contributed by atoms with Gasteiger partial charge in [-0.1, -0.05) is 44.2 Å². The number of carbonyl (C=O) groups excluding carboxylic acids is 1. The number of nitrogens with zero attached hydrogens (tertiary/aromatic N) is 1. The van der Waals surface area contributed by atoms with Gasteiger partial charge in [0.1, 0.15) is 6.10 Å². The topological polar surface area (TPSA) is 186 Å². The van der Waals surface area contributed by atoms with Crippen molar-refractivity contribution in [1.29, 1.82) is 0 Å². The highest BCUT2D eigenvalue weighted by molar-refractivity contribution is 7.89. The second-order valence-electron chi connectivity index (χ2n) is 9.92. The van der Waals surface area contributed by atoms with Gasteiger partial charge in [-0.15, -0.1) is 0 Å². The molecule has 0 saturated carbocycles. The molecule has 0 bridgehead atoms. The molecule has 1 amide bonds. The summed E-state index contributed by atoms with van der Waals surface area (Å²) < 4.78 is 64.6. The standard InChI is InChI=1S/C25H35N3O6S.CH4O3S/c1-18(2)15-28(35(31,32)22-10-8-20(26)9-11-22)16-24(29)23(14-19-6-4-3-5-7-19)27-25(30)34-21-12-13-33-17-21;1-5(2,3)4/h3-11,18,21,23-24,29H,12-17,26H2,1-2H3,(H,27,30);1H3,(H,2,3,4)/t21-,23-,24+;/m0./s1. The highest BCUT2D eigenvalue weighted by Crippen LogP contribution is 2.20. The van der Waals surface area contributed by atoms with Crippen molar-refractivity contribution >= 4 is 31.9 Å². The molecule has 40 heavy (non-hydrogen) atoms. The zero-order valence-electron chi connectivity index (χ0n) is 22.8. The average molecular weight is 602 g/mol. The fourth-order valence-electron chi connectivity index (χ4n) is 3.90. The predicted octanol–water partition coefficient (Wildman–Crippen LogP) is 1.91. The molecule has 1 aliphatic heterocycles. The lowest BCUT2D eigenvalue weighted by atomic mass is 10.0. The Kier molecular flexibility index (Phi) is 12.8. The lowest BCUT2D eigenvalue weighted by molar-refractivity contribution is 0.0644. The van der Waals surface area contributed by atoms with E-state index >= 15 is 0 Å². The Morgan fingerprint density at radius 2 is 1.70 bits per heavy atom. The molecule has 2 aromatic carbocycles. The summed E-state index contributed by atoms with van der Waals surface area (Å²) >= 11 is 0. The third-order valence-electron chi connectivity index (χ3n) is 5.71. The quantitative estimate of drug-likeness (QED) is 0.219. The molecule has 1 saturated heterocycles. The van der Waals surface area contributed by atoms with Crippen molar-refractivity contribution in [1.82, 2.24) is 9.62 Å². The van der Waals surface area contributed by atoms with E-state index in [-0.39, 0.29) is 30.0 Å². The fourth-order valence-corrected chi connectivity index (χ4v) is 5.52. The van der Waals surface area contributed by atoms with E-state index < -0.39 is 38.4 Å². The van der Waals surface area contributed by atoms with Gasteiger partial charge in [-0.25, -0.2) is 13.2 Å². The number of anilines is 1. The van der Waals surface area contributed by atoms with Crippen molar-refractivity contribution in [2.45, 2.75) is 49.8 Å². The number of ether oxygens (including phenoxy) is 2. The lowest BCUT2D eigenvalue weighted by Gasteiger charge is -2.30. The lowest BCUT2D eigenvalue weighted by Crippen LogP contribution is -2.51. The van der Waals surface area contributed by atoms with E-state index in [1.165, 1.54) is 28.6 Å². The molecule has 224 valence electrons. The second-order valence-corrected chi connectivity index (χ2v) is 13.3. The molecule has 0 aliphatic carbocycles. The molecule has 1 fully saturated rings. The van der Waals surface area contributed by atoms with Crippen molar-refractivity contribution in [2.24, 2.45) is 5.92 Å². The highest BCUT2D eigenvalue weighted by Gasteiger charge is 2.32. The molecule has 0 aromatic heterocycles. The van der Waals surface area contributed by atoms with Gasteiger partial charge in [-0.2, -0.15) is 12.7 Å². The van der Waals surface area contributed by atoms with E-state index in [0.717, 1.165) is 5.56 Å². The Balaban J connectivity index is 0.00000103. The summed E-state index contributed by atoms with van der Waals surface area (Å²) in [6.45, 7) is 4.67. The number of carbonyl (C=O) groups is 1. The van der Waals surface area contributed by atoms with E-state index in [0.29, 0.717) is 38.0 Å². The maximum absolute atomic E-state index is 13.4. The van der Waals surface area contributed by atoms with Crippen molar-refractivity contribution in [3.63, 3.8) is 0 Å². The monoisotopic (exact) mass is 601 g/mol. The van der Waals surface area contributed by atoms with Crippen molar-refractivity contribution in [3.05, 3.63) is 60.2 Å². The molecule has 2 aromatic rings. The summed E-state index contributed by atoms with van der Waals surface area (Å²) in [6, 6.07) is 14.6. The number of rotatable bonds is 11. The Labute approximate surface area is 236 Å². The maximum Gasteiger partial charge on any atom is 0.407 e. The van der Waals surface area contributed by atoms with E-state index in [9.17, 15) is 26.7 Å². The predicted molar refractivity (Wildman–Crippen MR) is 151 cm³/mol. The first-order valence-corrected chi connectivity index (χ1v) is 16.0. The molecule has 1 aliphatic rings. The largest absolute Gasteiger partial charge is 0.444 e. The van der Waals surface area contributed by atoms with Crippen LogP contribution in [0.5, 0.6) is 0 Å². The first-order chi connectivity index (χ1) is 18.6. The summed E-state index contributed by atoms with van der Waals surface area (Å²) in [5.74, 6) is 0.0126. The van der Waals surface area contributed by atoms with E-state index in [1.807, 2.05) is 44.2 Å². The van der Waals surface area contributed by atoms with Gasteiger partial charge in [0, 0.05) is 25.2 Å². The summed E-state index contributed by atoms with van der Waals surface area (Å²) in [6.07, 6.45) is -0.570. The van der Waals surface area contributed by atoms with Crippen LogP contribution in [0.4, 0.5) is 10.5 Å². The van der Waals surface area contributed by atoms with E-state index in [4.69, 9.17) is 19.8 Å². The zero-order valence-corrected chi connectivity index (χ0v) is 24.5. The van der Waals surface area contributed by atoms with E-state index in [2.05, 4.69) is 5.32 Å². The molecule has 0 unspecified atom stereocenters. The molecule has 0 radical (unpaired) electrons. The van der Waals surface area contributed by atoms with Crippen LogP contribution in [-0.4, -0.2) is 87.7 Å². The average Bonchev–Trinajstić information content (AvgIpc) is 3.35. The summed E-state index contributed by atoms with van der Waals surface area (Å²) in [5, 5.41) is 13.9. The van der Waals surface area contributed by atoms with Crippen LogP contribution in [0.1, 0.15) is 25.8 Å². The number of nitrogens with one attached hydrogen (secondary N) is 1. The van der Waals surface area contributed by atoms with Crippen molar-refractivity contribution < 1.29 is 40.8 Å². The Hall–Kier alpha value is -2.75.